The lowest BCUT2D eigenvalue weighted by Gasteiger charge is -2.38. The summed E-state index contributed by atoms with van der Waals surface area (Å²) in [6, 6.07) is 4.38. The number of benzene rings is 1. The first-order chi connectivity index (χ1) is 9.70. The van der Waals surface area contributed by atoms with Crippen LogP contribution in [0.3, 0.4) is 0 Å². The maximum atomic E-state index is 13.4. The number of amides is 1. The third-order valence-corrected chi connectivity index (χ3v) is 3.61. The van der Waals surface area contributed by atoms with Crippen molar-refractivity contribution in [2.45, 2.75) is 45.7 Å². The van der Waals surface area contributed by atoms with Crippen LogP contribution in [0.2, 0.25) is 0 Å². The first kappa shape index (κ1) is 15.4. The molecule has 0 spiro atoms. The largest absolute Gasteiger partial charge is 0.465 e. The lowest BCUT2D eigenvalue weighted by molar-refractivity contribution is 0.0756. The second-order valence-corrected chi connectivity index (χ2v) is 6.38. The maximum Gasteiger partial charge on any atom is 0.407 e. The average molecular weight is 292 g/mol. The molecule has 1 amide bonds. The molecule has 21 heavy (non-hydrogen) atoms. The number of hydrogen-bond donors (Lipinski definition) is 2. The summed E-state index contributed by atoms with van der Waals surface area (Å²) in [4.78, 5) is 16.0. The number of hydrogen-bond acceptors (Lipinski definition) is 1. The van der Waals surface area contributed by atoms with Crippen LogP contribution in [-0.2, 0) is 6.42 Å². The van der Waals surface area contributed by atoms with E-state index in [4.69, 9.17) is 0 Å². The smallest absolute Gasteiger partial charge is 0.407 e. The molecule has 0 saturated carbocycles. The second kappa shape index (κ2) is 5.39. The van der Waals surface area contributed by atoms with Crippen LogP contribution < -0.4 is 0 Å². The summed E-state index contributed by atoms with van der Waals surface area (Å²) >= 11 is 0. The predicted molar refractivity (Wildman–Crippen MR) is 81.0 cm³/mol. The number of halogens is 1. The molecule has 1 heterocycles. The molecule has 0 radical (unpaired) electrons. The summed E-state index contributed by atoms with van der Waals surface area (Å²) < 4.78 is 13.4. The van der Waals surface area contributed by atoms with Gasteiger partial charge in [0.25, 0.3) is 0 Å². The van der Waals surface area contributed by atoms with Crippen LogP contribution in [0.25, 0.3) is 10.9 Å². The van der Waals surface area contributed by atoms with Gasteiger partial charge < -0.3 is 15.0 Å². The molecule has 0 saturated heterocycles. The van der Waals surface area contributed by atoms with Crippen LogP contribution in [0.1, 0.15) is 33.3 Å². The summed E-state index contributed by atoms with van der Waals surface area (Å²) in [7, 11) is 0. The number of rotatable bonds is 3. The van der Waals surface area contributed by atoms with Crippen molar-refractivity contribution in [3.8, 4) is 0 Å². The van der Waals surface area contributed by atoms with Crippen molar-refractivity contribution >= 4 is 17.0 Å². The van der Waals surface area contributed by atoms with E-state index >= 15 is 0 Å². The van der Waals surface area contributed by atoms with Gasteiger partial charge in [-0.05, 0) is 57.9 Å². The normalized spacial score (nSPS) is 13.4. The zero-order valence-electron chi connectivity index (χ0n) is 12.8. The predicted octanol–water partition coefficient (Wildman–Crippen LogP) is 4.02. The fraction of sp³-hybridized carbons (Fsp3) is 0.438. The minimum Gasteiger partial charge on any atom is -0.465 e. The lowest BCUT2D eigenvalue weighted by atomic mass is 9.99. The van der Waals surface area contributed by atoms with Crippen molar-refractivity contribution in [2.75, 3.05) is 0 Å². The molecule has 0 unspecified atom stereocenters. The van der Waals surface area contributed by atoms with Gasteiger partial charge in [0.2, 0.25) is 0 Å². The van der Waals surface area contributed by atoms with E-state index in [1.54, 1.807) is 6.07 Å². The number of nitrogens with one attached hydrogen (secondary N) is 1. The summed E-state index contributed by atoms with van der Waals surface area (Å²) in [5.41, 5.74) is 1.30. The SMILES string of the molecule is C[C@H](Cc1c[nH]c2ccc(F)cc12)N(C(=O)O)C(C)(C)C. The number of nitrogens with zero attached hydrogens (tertiary/aromatic N) is 1. The first-order valence-electron chi connectivity index (χ1n) is 6.98. The standard InChI is InChI=1S/C16H21FN2O2/c1-10(19(15(20)21)16(2,3)4)7-11-9-18-14-6-5-12(17)8-13(11)14/h5-6,8-10,18H,7H2,1-4H3,(H,20,21)/t10-/m1/s1. The van der Waals surface area contributed by atoms with Gasteiger partial charge in [0.15, 0.2) is 0 Å². The van der Waals surface area contributed by atoms with Gasteiger partial charge in [-0.3, -0.25) is 0 Å². The highest BCUT2D eigenvalue weighted by molar-refractivity contribution is 5.83. The van der Waals surface area contributed by atoms with Crippen molar-refractivity contribution in [3.05, 3.63) is 35.8 Å². The molecule has 114 valence electrons. The van der Waals surface area contributed by atoms with Gasteiger partial charge in [0, 0.05) is 28.7 Å². The highest BCUT2D eigenvalue weighted by atomic mass is 19.1. The summed E-state index contributed by atoms with van der Waals surface area (Å²) in [5.74, 6) is -0.290. The van der Waals surface area contributed by atoms with Gasteiger partial charge >= 0.3 is 6.09 Å². The van der Waals surface area contributed by atoms with Crippen molar-refractivity contribution in [1.82, 2.24) is 9.88 Å². The third kappa shape index (κ3) is 3.17. The zero-order chi connectivity index (χ0) is 15.8. The monoisotopic (exact) mass is 292 g/mol. The Morgan fingerprint density at radius 2 is 2.10 bits per heavy atom. The number of carboxylic acid groups (broad SMARTS) is 1. The number of H-pyrrole nitrogens is 1. The van der Waals surface area contributed by atoms with E-state index in [9.17, 15) is 14.3 Å². The highest BCUT2D eigenvalue weighted by Gasteiger charge is 2.31. The Balaban J connectivity index is 2.30. The van der Waals surface area contributed by atoms with Crippen LogP contribution in [0.5, 0.6) is 0 Å². The molecular formula is C16H21FN2O2. The summed E-state index contributed by atoms with van der Waals surface area (Å²) in [6.45, 7) is 7.48. The zero-order valence-corrected chi connectivity index (χ0v) is 12.8. The van der Waals surface area contributed by atoms with E-state index in [1.165, 1.54) is 17.0 Å². The molecule has 1 aromatic carbocycles. The molecule has 2 rings (SSSR count). The van der Waals surface area contributed by atoms with Crippen molar-refractivity contribution in [3.63, 3.8) is 0 Å². The summed E-state index contributed by atoms with van der Waals surface area (Å²) in [6.07, 6.45) is 1.41. The Hall–Kier alpha value is -2.04. The lowest BCUT2D eigenvalue weighted by Crippen LogP contribution is -2.50. The van der Waals surface area contributed by atoms with E-state index in [1.807, 2.05) is 33.9 Å². The minimum atomic E-state index is -0.943. The second-order valence-electron chi connectivity index (χ2n) is 6.38. The molecule has 0 aliphatic rings. The van der Waals surface area contributed by atoms with E-state index < -0.39 is 11.6 Å². The molecule has 5 heteroatoms. The Morgan fingerprint density at radius 1 is 1.43 bits per heavy atom. The molecule has 1 aromatic heterocycles. The Bertz CT molecular complexity index is 658. The molecule has 2 aromatic rings. The van der Waals surface area contributed by atoms with Crippen LogP contribution in [-0.4, -0.2) is 32.7 Å². The van der Waals surface area contributed by atoms with Gasteiger partial charge in [-0.15, -0.1) is 0 Å². The van der Waals surface area contributed by atoms with E-state index in [-0.39, 0.29) is 11.9 Å². The number of carbonyl (C=O) groups is 1. The fourth-order valence-corrected chi connectivity index (χ4v) is 2.87. The maximum absolute atomic E-state index is 13.4. The van der Waals surface area contributed by atoms with E-state index in [0.29, 0.717) is 6.42 Å². The molecule has 4 nitrogen and oxygen atoms in total. The third-order valence-electron chi connectivity index (χ3n) is 3.61. The van der Waals surface area contributed by atoms with Crippen LogP contribution in [0, 0.1) is 5.82 Å². The molecule has 1 atom stereocenters. The number of aromatic amines is 1. The van der Waals surface area contributed by atoms with Crippen LogP contribution >= 0.6 is 0 Å². The van der Waals surface area contributed by atoms with Gasteiger partial charge in [-0.25, -0.2) is 9.18 Å². The van der Waals surface area contributed by atoms with Crippen molar-refractivity contribution < 1.29 is 14.3 Å². The molecular weight excluding hydrogens is 271 g/mol. The van der Waals surface area contributed by atoms with Gasteiger partial charge in [-0.2, -0.15) is 0 Å². The first-order valence-corrected chi connectivity index (χ1v) is 6.98. The van der Waals surface area contributed by atoms with Crippen LogP contribution in [0.15, 0.2) is 24.4 Å². The Labute approximate surface area is 123 Å². The van der Waals surface area contributed by atoms with Crippen molar-refractivity contribution in [2.24, 2.45) is 0 Å². The average Bonchev–Trinajstić information content (AvgIpc) is 2.69. The highest BCUT2D eigenvalue weighted by Crippen LogP contribution is 2.24. The molecule has 0 bridgehead atoms. The Morgan fingerprint density at radius 3 is 2.67 bits per heavy atom. The quantitative estimate of drug-likeness (QED) is 0.897. The number of aromatic nitrogens is 1. The molecule has 0 aliphatic carbocycles. The summed E-state index contributed by atoms with van der Waals surface area (Å²) in [5, 5.41) is 10.2. The van der Waals surface area contributed by atoms with E-state index in [0.717, 1.165) is 16.5 Å². The van der Waals surface area contributed by atoms with E-state index in [2.05, 4.69) is 4.98 Å². The molecule has 0 fully saturated rings. The minimum absolute atomic E-state index is 0.204. The van der Waals surface area contributed by atoms with Gasteiger partial charge in [0.05, 0.1) is 0 Å². The van der Waals surface area contributed by atoms with Crippen LogP contribution in [0.4, 0.5) is 9.18 Å². The Kier molecular flexibility index (Phi) is 3.94. The molecule has 0 aliphatic heterocycles. The van der Waals surface area contributed by atoms with Gasteiger partial charge in [-0.1, -0.05) is 0 Å². The van der Waals surface area contributed by atoms with Crippen molar-refractivity contribution in [1.29, 1.82) is 0 Å². The number of fused-ring (bicyclic) bond motifs is 1. The topological polar surface area (TPSA) is 56.3 Å². The fourth-order valence-electron chi connectivity index (χ4n) is 2.87. The van der Waals surface area contributed by atoms with Gasteiger partial charge in [0.1, 0.15) is 5.82 Å². The molecule has 2 N–H and O–H groups in total.